The first-order valence-electron chi connectivity index (χ1n) is 5.29. The monoisotopic (exact) mass is 200 g/mol. The van der Waals surface area contributed by atoms with Crippen molar-refractivity contribution >= 4 is 5.91 Å². The highest BCUT2D eigenvalue weighted by atomic mass is 16.3. The number of aliphatic hydroxyl groups excluding tert-OH is 1. The highest BCUT2D eigenvalue weighted by Gasteiger charge is 2.29. The van der Waals surface area contributed by atoms with Crippen molar-refractivity contribution in [1.82, 2.24) is 10.2 Å². The van der Waals surface area contributed by atoms with E-state index in [1.165, 1.54) is 0 Å². The summed E-state index contributed by atoms with van der Waals surface area (Å²) in [5.41, 5.74) is 0. The van der Waals surface area contributed by atoms with Gasteiger partial charge in [0.2, 0.25) is 5.91 Å². The van der Waals surface area contributed by atoms with Crippen LogP contribution in [-0.2, 0) is 4.79 Å². The van der Waals surface area contributed by atoms with Crippen LogP contribution in [0.5, 0.6) is 0 Å². The third-order valence-electron chi connectivity index (χ3n) is 2.59. The summed E-state index contributed by atoms with van der Waals surface area (Å²) in [7, 11) is 0. The Hall–Kier alpha value is -0.610. The van der Waals surface area contributed by atoms with Gasteiger partial charge in [0, 0.05) is 32.3 Å². The van der Waals surface area contributed by atoms with Crippen LogP contribution < -0.4 is 5.32 Å². The number of nitrogens with zero attached hydrogens (tertiary/aromatic N) is 1. The fourth-order valence-corrected chi connectivity index (χ4v) is 1.56. The molecular weight excluding hydrogens is 180 g/mol. The Balaban J connectivity index is 2.43. The van der Waals surface area contributed by atoms with E-state index in [2.05, 4.69) is 5.32 Å². The molecule has 0 atom stereocenters. The Morgan fingerprint density at radius 2 is 2.21 bits per heavy atom. The van der Waals surface area contributed by atoms with Crippen molar-refractivity contribution in [2.45, 2.75) is 26.3 Å². The van der Waals surface area contributed by atoms with Gasteiger partial charge in [-0.3, -0.25) is 4.79 Å². The molecule has 1 aliphatic heterocycles. The zero-order valence-corrected chi connectivity index (χ0v) is 8.99. The maximum atomic E-state index is 11.9. The van der Waals surface area contributed by atoms with E-state index in [0.717, 1.165) is 13.1 Å². The van der Waals surface area contributed by atoms with Gasteiger partial charge in [0.05, 0.1) is 5.92 Å². The van der Waals surface area contributed by atoms with E-state index in [1.807, 2.05) is 18.7 Å². The Labute approximate surface area is 85.3 Å². The molecule has 0 aromatic carbocycles. The summed E-state index contributed by atoms with van der Waals surface area (Å²) in [6.45, 7) is 6.47. The summed E-state index contributed by atoms with van der Waals surface area (Å²) in [5, 5.41) is 11.8. The van der Waals surface area contributed by atoms with Crippen molar-refractivity contribution in [3.8, 4) is 0 Å². The second-order valence-corrected chi connectivity index (χ2v) is 4.06. The van der Waals surface area contributed by atoms with Crippen molar-refractivity contribution in [3.63, 3.8) is 0 Å². The van der Waals surface area contributed by atoms with Crippen LogP contribution in [0.25, 0.3) is 0 Å². The summed E-state index contributed by atoms with van der Waals surface area (Å²) in [5.74, 6) is 0.392. The van der Waals surface area contributed by atoms with Gasteiger partial charge in [-0.15, -0.1) is 0 Å². The first-order chi connectivity index (χ1) is 6.66. The Kier molecular flexibility index (Phi) is 4.35. The van der Waals surface area contributed by atoms with Gasteiger partial charge in [0.1, 0.15) is 0 Å². The lowest BCUT2D eigenvalue weighted by molar-refractivity contribution is -0.139. The lowest BCUT2D eigenvalue weighted by Gasteiger charge is -2.34. The molecule has 0 unspecified atom stereocenters. The lowest BCUT2D eigenvalue weighted by Crippen LogP contribution is -2.53. The van der Waals surface area contributed by atoms with E-state index in [4.69, 9.17) is 5.11 Å². The summed E-state index contributed by atoms with van der Waals surface area (Å²) in [6, 6.07) is 0.231. The molecule has 0 aromatic rings. The molecule has 0 spiro atoms. The number of carbonyl (C=O) groups excluding carboxylic acids is 1. The SMILES string of the molecule is CC(C)N(CCCO)C(=O)C1CNC1. The second kappa shape index (κ2) is 5.32. The van der Waals surface area contributed by atoms with Gasteiger partial charge in [0.25, 0.3) is 0 Å². The third-order valence-corrected chi connectivity index (χ3v) is 2.59. The van der Waals surface area contributed by atoms with Gasteiger partial charge >= 0.3 is 0 Å². The molecule has 4 heteroatoms. The summed E-state index contributed by atoms with van der Waals surface area (Å²) >= 11 is 0. The van der Waals surface area contributed by atoms with Crippen LogP contribution in [0, 0.1) is 5.92 Å². The zero-order valence-electron chi connectivity index (χ0n) is 8.99. The average Bonchev–Trinajstić information content (AvgIpc) is 2.01. The maximum Gasteiger partial charge on any atom is 0.228 e. The van der Waals surface area contributed by atoms with Gasteiger partial charge in [-0.2, -0.15) is 0 Å². The topological polar surface area (TPSA) is 52.6 Å². The predicted octanol–water partition coefficient (Wildman–Crippen LogP) is -0.175. The van der Waals surface area contributed by atoms with Crippen molar-refractivity contribution < 1.29 is 9.90 Å². The molecule has 1 saturated heterocycles. The van der Waals surface area contributed by atoms with Gasteiger partial charge < -0.3 is 15.3 Å². The smallest absolute Gasteiger partial charge is 0.228 e. The Morgan fingerprint density at radius 3 is 2.57 bits per heavy atom. The van der Waals surface area contributed by atoms with E-state index >= 15 is 0 Å². The highest BCUT2D eigenvalue weighted by Crippen LogP contribution is 2.11. The largest absolute Gasteiger partial charge is 0.396 e. The van der Waals surface area contributed by atoms with Gasteiger partial charge in [-0.1, -0.05) is 0 Å². The van der Waals surface area contributed by atoms with E-state index in [0.29, 0.717) is 13.0 Å². The van der Waals surface area contributed by atoms with E-state index < -0.39 is 0 Å². The molecule has 0 saturated carbocycles. The van der Waals surface area contributed by atoms with Gasteiger partial charge in [-0.05, 0) is 20.3 Å². The van der Waals surface area contributed by atoms with Crippen LogP contribution in [0.2, 0.25) is 0 Å². The molecule has 82 valence electrons. The quantitative estimate of drug-likeness (QED) is 0.647. The summed E-state index contributed by atoms with van der Waals surface area (Å²) < 4.78 is 0. The average molecular weight is 200 g/mol. The predicted molar refractivity (Wildman–Crippen MR) is 54.9 cm³/mol. The molecule has 1 aliphatic rings. The molecule has 2 N–H and O–H groups in total. The zero-order chi connectivity index (χ0) is 10.6. The van der Waals surface area contributed by atoms with Crippen LogP contribution in [0.4, 0.5) is 0 Å². The number of aliphatic hydroxyl groups is 1. The van der Waals surface area contributed by atoms with E-state index in [-0.39, 0.29) is 24.5 Å². The molecule has 0 aliphatic carbocycles. The lowest BCUT2D eigenvalue weighted by atomic mass is 10.0. The van der Waals surface area contributed by atoms with Crippen LogP contribution >= 0.6 is 0 Å². The van der Waals surface area contributed by atoms with Crippen LogP contribution in [0.3, 0.4) is 0 Å². The molecule has 1 fully saturated rings. The molecule has 1 rings (SSSR count). The maximum absolute atomic E-state index is 11.9. The first kappa shape index (κ1) is 11.5. The van der Waals surface area contributed by atoms with Crippen molar-refractivity contribution in [1.29, 1.82) is 0 Å². The molecular formula is C10H20N2O2. The van der Waals surface area contributed by atoms with E-state index in [9.17, 15) is 4.79 Å². The third kappa shape index (κ3) is 2.69. The first-order valence-corrected chi connectivity index (χ1v) is 5.29. The fourth-order valence-electron chi connectivity index (χ4n) is 1.56. The van der Waals surface area contributed by atoms with Crippen molar-refractivity contribution in [3.05, 3.63) is 0 Å². The minimum absolute atomic E-state index is 0.152. The number of hydrogen-bond acceptors (Lipinski definition) is 3. The number of carbonyl (C=O) groups is 1. The summed E-state index contributed by atoms with van der Waals surface area (Å²) in [6.07, 6.45) is 0.671. The molecule has 4 nitrogen and oxygen atoms in total. The van der Waals surface area contributed by atoms with Gasteiger partial charge in [0.15, 0.2) is 0 Å². The van der Waals surface area contributed by atoms with Gasteiger partial charge in [-0.25, -0.2) is 0 Å². The summed E-state index contributed by atoms with van der Waals surface area (Å²) in [4.78, 5) is 13.7. The fraction of sp³-hybridized carbons (Fsp3) is 0.900. The van der Waals surface area contributed by atoms with Crippen molar-refractivity contribution in [2.75, 3.05) is 26.2 Å². The molecule has 0 aromatic heterocycles. The molecule has 0 radical (unpaired) electrons. The Morgan fingerprint density at radius 1 is 1.57 bits per heavy atom. The van der Waals surface area contributed by atoms with E-state index in [1.54, 1.807) is 0 Å². The standard InChI is InChI=1S/C10H20N2O2/c1-8(2)12(4-3-5-13)10(14)9-6-11-7-9/h8-9,11,13H,3-7H2,1-2H3. The molecule has 14 heavy (non-hydrogen) atoms. The molecule has 1 heterocycles. The number of nitrogens with one attached hydrogen (secondary N) is 1. The van der Waals surface area contributed by atoms with Crippen LogP contribution in [0.1, 0.15) is 20.3 Å². The highest BCUT2D eigenvalue weighted by molar-refractivity contribution is 5.80. The Bertz CT molecular complexity index is 191. The number of rotatable bonds is 5. The molecule has 0 bridgehead atoms. The minimum Gasteiger partial charge on any atom is -0.396 e. The second-order valence-electron chi connectivity index (χ2n) is 4.06. The molecule has 1 amide bonds. The number of hydrogen-bond donors (Lipinski definition) is 2. The van der Waals surface area contributed by atoms with Crippen molar-refractivity contribution in [2.24, 2.45) is 5.92 Å². The minimum atomic E-state index is 0.152. The normalized spacial score (nSPS) is 16.9. The van der Waals surface area contributed by atoms with Crippen LogP contribution in [-0.4, -0.2) is 48.2 Å². The van der Waals surface area contributed by atoms with Crippen LogP contribution in [0.15, 0.2) is 0 Å². The number of amides is 1.